The molecular weight excluding hydrogens is 423 g/mol. The summed E-state index contributed by atoms with van der Waals surface area (Å²) in [4.78, 5) is 37.4. The molecule has 0 aromatic carbocycles. The molecule has 3 amide bonds. The first-order chi connectivity index (χ1) is 13.0. The summed E-state index contributed by atoms with van der Waals surface area (Å²) >= 11 is 0. The Labute approximate surface area is 186 Å². The monoisotopic (exact) mass is 440 g/mol. The molecule has 2 atom stereocenters. The van der Waals surface area contributed by atoms with Gasteiger partial charge in [0.25, 0.3) is 0 Å². The van der Waals surface area contributed by atoms with Gasteiger partial charge in [-0.15, -0.1) is 4.28 Å². The Balaban J connectivity index is 0.00000300. The van der Waals surface area contributed by atoms with Crippen molar-refractivity contribution in [3.8, 4) is 5.75 Å². The molecule has 3 rings (SSSR count). The third-order valence-corrected chi connectivity index (χ3v) is 4.69. The second kappa shape index (κ2) is 8.33. The Morgan fingerprint density at radius 1 is 1.38 bits per heavy atom. The molecule has 0 spiro atoms. The zero-order valence-corrected chi connectivity index (χ0v) is 15.2. The van der Waals surface area contributed by atoms with E-state index in [1.807, 2.05) is 0 Å². The van der Waals surface area contributed by atoms with Crippen LogP contribution in [-0.4, -0.2) is 98.1 Å². The number of hydrogen-bond donors (Lipinski definition) is 4. The van der Waals surface area contributed by atoms with Gasteiger partial charge in [-0.25, -0.2) is 4.79 Å². The first-order valence-corrected chi connectivity index (χ1v) is 9.21. The van der Waals surface area contributed by atoms with Gasteiger partial charge in [-0.05, 0) is 12.5 Å². The van der Waals surface area contributed by atoms with Crippen molar-refractivity contribution in [2.75, 3.05) is 6.54 Å². The van der Waals surface area contributed by atoms with E-state index in [1.165, 1.54) is 6.08 Å². The van der Waals surface area contributed by atoms with E-state index in [2.05, 4.69) is 9.60 Å². The number of fused-ring (bicyclic) bond motifs is 2. The van der Waals surface area contributed by atoms with Gasteiger partial charge in [0, 0.05) is 6.07 Å². The number of hydroxylamine groups is 2. The summed E-state index contributed by atoms with van der Waals surface area (Å²) in [7, 11) is -4.93. The molecule has 2 aliphatic rings. The SMILES string of the molecule is CC1=C[C@@H](C(=O)NCc2cc(=O)c(O)cn2O)N2C[C@@H]1N(OS(=O)(=O)O)C2=O.[NaH]. The predicted molar refractivity (Wildman–Crippen MR) is 96.5 cm³/mol. The molecule has 2 aliphatic heterocycles. The van der Waals surface area contributed by atoms with Crippen LogP contribution in [0, 0.1) is 0 Å². The van der Waals surface area contributed by atoms with Crippen molar-refractivity contribution in [2.24, 2.45) is 0 Å². The normalized spacial score (nSPS) is 20.9. The molecule has 1 fully saturated rings. The number of rotatable bonds is 5. The fourth-order valence-corrected chi connectivity index (χ4v) is 3.35. The third kappa shape index (κ3) is 4.73. The van der Waals surface area contributed by atoms with Crippen LogP contribution in [0.1, 0.15) is 12.6 Å². The summed E-state index contributed by atoms with van der Waals surface area (Å²) in [6, 6.07) is -1.90. The number of carbonyl (C=O) groups excluding carboxylic acids is 2. The number of nitrogens with one attached hydrogen (secondary N) is 1. The molecular formula is C14H17N4NaO9S. The molecule has 1 aromatic heterocycles. The number of pyridine rings is 1. The fraction of sp³-hybridized carbons (Fsp3) is 0.357. The van der Waals surface area contributed by atoms with E-state index in [4.69, 9.17) is 4.55 Å². The number of urea groups is 1. The van der Waals surface area contributed by atoms with Gasteiger partial charge in [-0.1, -0.05) is 6.08 Å². The number of aromatic nitrogens is 1. The zero-order chi connectivity index (χ0) is 20.8. The van der Waals surface area contributed by atoms with Crippen LogP contribution in [-0.2, 0) is 26.0 Å². The van der Waals surface area contributed by atoms with Gasteiger partial charge in [0.2, 0.25) is 11.3 Å². The van der Waals surface area contributed by atoms with Crippen LogP contribution in [0.3, 0.4) is 0 Å². The van der Waals surface area contributed by atoms with Crippen molar-refractivity contribution < 1.29 is 37.2 Å². The average Bonchev–Trinajstić information content (AvgIpc) is 2.85. The molecule has 0 saturated carbocycles. The third-order valence-electron chi connectivity index (χ3n) is 4.34. The van der Waals surface area contributed by atoms with Crippen LogP contribution in [0.2, 0.25) is 0 Å². The molecule has 13 nitrogen and oxygen atoms in total. The second-order valence-electron chi connectivity index (χ2n) is 6.21. The summed E-state index contributed by atoms with van der Waals surface area (Å²) < 4.78 is 35.5. The number of nitrogens with zero attached hydrogens (tertiary/aromatic N) is 3. The van der Waals surface area contributed by atoms with Crippen molar-refractivity contribution in [2.45, 2.75) is 25.6 Å². The molecule has 154 valence electrons. The molecule has 2 bridgehead atoms. The van der Waals surface area contributed by atoms with Gasteiger partial charge < -0.3 is 20.5 Å². The molecule has 0 unspecified atom stereocenters. The number of amides is 3. The Bertz CT molecular complexity index is 1040. The number of carbonyl (C=O) groups is 2. The Morgan fingerprint density at radius 2 is 2.03 bits per heavy atom. The standard InChI is InChI=1S/C14H16N4O9S.Na.H/c1-7-2-9(16-5-10(7)18(14(16)22)27-28(24,25)26)13(21)15-4-8-3-11(19)12(20)6-17(8)23;;/h2-3,6,9-10,20,23H,4-5H2,1H3,(H,15,21)(H,24,25,26);;/t9-,10-;;/m0../s1. The van der Waals surface area contributed by atoms with E-state index in [1.54, 1.807) is 6.92 Å². The summed E-state index contributed by atoms with van der Waals surface area (Å²) in [6.45, 7) is 1.23. The van der Waals surface area contributed by atoms with E-state index in [9.17, 15) is 33.1 Å². The topological polar surface area (TPSA) is 179 Å². The molecule has 0 radical (unpaired) electrons. The van der Waals surface area contributed by atoms with E-state index in [0.717, 1.165) is 17.2 Å². The quantitative estimate of drug-likeness (QED) is 0.173. The Morgan fingerprint density at radius 3 is 2.66 bits per heavy atom. The van der Waals surface area contributed by atoms with E-state index >= 15 is 0 Å². The summed E-state index contributed by atoms with van der Waals surface area (Å²) in [5.41, 5.74) is -0.303. The van der Waals surface area contributed by atoms with E-state index < -0.39 is 45.6 Å². The first-order valence-electron chi connectivity index (χ1n) is 7.84. The molecule has 29 heavy (non-hydrogen) atoms. The van der Waals surface area contributed by atoms with E-state index in [-0.39, 0.29) is 48.3 Å². The maximum atomic E-state index is 12.5. The van der Waals surface area contributed by atoms with Crippen molar-refractivity contribution >= 4 is 51.9 Å². The van der Waals surface area contributed by atoms with Crippen molar-refractivity contribution in [3.05, 3.63) is 39.8 Å². The van der Waals surface area contributed by atoms with Gasteiger partial charge >= 0.3 is 46.0 Å². The van der Waals surface area contributed by atoms with Crippen LogP contribution >= 0.6 is 0 Å². The molecule has 0 aliphatic carbocycles. The van der Waals surface area contributed by atoms with Crippen molar-refractivity contribution in [1.29, 1.82) is 0 Å². The first kappa shape index (κ1) is 23.2. The maximum absolute atomic E-state index is 12.5. The van der Waals surface area contributed by atoms with Gasteiger partial charge in [0.1, 0.15) is 12.1 Å². The number of hydrogen-bond acceptors (Lipinski definition) is 8. The molecule has 15 heteroatoms. The predicted octanol–water partition coefficient (Wildman–Crippen LogP) is -2.07. The molecule has 3 heterocycles. The average molecular weight is 440 g/mol. The van der Waals surface area contributed by atoms with Crippen LogP contribution in [0.4, 0.5) is 4.79 Å². The number of aromatic hydroxyl groups is 1. The van der Waals surface area contributed by atoms with Crippen molar-refractivity contribution in [3.63, 3.8) is 0 Å². The van der Waals surface area contributed by atoms with Crippen molar-refractivity contribution in [1.82, 2.24) is 20.0 Å². The van der Waals surface area contributed by atoms with E-state index in [0.29, 0.717) is 15.4 Å². The van der Waals surface area contributed by atoms with Gasteiger partial charge in [-0.3, -0.25) is 14.1 Å². The van der Waals surface area contributed by atoms with Crippen LogP contribution in [0.15, 0.2) is 28.7 Å². The summed E-state index contributed by atoms with van der Waals surface area (Å²) in [6.07, 6.45) is 2.20. The minimum absolute atomic E-state index is 0. The minimum atomic E-state index is -4.93. The Kier molecular flexibility index (Phi) is 6.66. The molecule has 1 aromatic rings. The van der Waals surface area contributed by atoms with Crippen LogP contribution in [0.25, 0.3) is 0 Å². The van der Waals surface area contributed by atoms with Crippen LogP contribution < -0.4 is 10.7 Å². The van der Waals surface area contributed by atoms with Gasteiger partial charge in [0.05, 0.1) is 25.0 Å². The van der Waals surface area contributed by atoms with Gasteiger partial charge in [0.15, 0.2) is 5.75 Å². The second-order valence-corrected chi connectivity index (χ2v) is 7.22. The Hall–Kier alpha value is -2.10. The summed E-state index contributed by atoms with van der Waals surface area (Å²) in [5, 5.41) is 21.8. The van der Waals surface area contributed by atoms with Crippen LogP contribution in [0.5, 0.6) is 5.75 Å². The van der Waals surface area contributed by atoms with Gasteiger partial charge in [-0.2, -0.15) is 18.2 Å². The zero-order valence-electron chi connectivity index (χ0n) is 14.3. The molecule has 1 saturated heterocycles. The molecule has 4 N–H and O–H groups in total. The fourth-order valence-electron chi connectivity index (χ4n) is 2.98. The summed E-state index contributed by atoms with van der Waals surface area (Å²) in [5.74, 6) is -1.34.